The van der Waals surface area contributed by atoms with Gasteiger partial charge in [-0.1, -0.05) is 6.07 Å². The Hall–Kier alpha value is -2.93. The summed E-state index contributed by atoms with van der Waals surface area (Å²) in [5.41, 5.74) is 2.19. The van der Waals surface area contributed by atoms with E-state index in [4.69, 9.17) is 0 Å². The van der Waals surface area contributed by atoms with E-state index < -0.39 is 0 Å². The highest BCUT2D eigenvalue weighted by Crippen LogP contribution is 2.20. The van der Waals surface area contributed by atoms with Gasteiger partial charge in [0.25, 0.3) is 5.56 Å². The van der Waals surface area contributed by atoms with Gasteiger partial charge in [-0.3, -0.25) is 14.2 Å². The van der Waals surface area contributed by atoms with Gasteiger partial charge in [0.2, 0.25) is 5.91 Å². The van der Waals surface area contributed by atoms with E-state index in [2.05, 4.69) is 29.0 Å². The minimum Gasteiger partial charge on any atom is -0.372 e. The second-order valence-electron chi connectivity index (χ2n) is 5.98. The van der Waals surface area contributed by atoms with Crippen LogP contribution in [0.4, 0.5) is 11.4 Å². The smallest absolute Gasteiger partial charge is 0.254 e. The number of amides is 1. The summed E-state index contributed by atoms with van der Waals surface area (Å²) in [5, 5.41) is 4.75. The van der Waals surface area contributed by atoms with Crippen LogP contribution in [-0.4, -0.2) is 28.5 Å². The number of anilines is 2. The second kappa shape index (κ2) is 8.64. The summed E-state index contributed by atoms with van der Waals surface area (Å²) in [6, 6.07) is 13.0. The van der Waals surface area contributed by atoms with Gasteiger partial charge in [0.05, 0.1) is 16.9 Å². The average molecular weight is 382 g/mol. The lowest BCUT2D eigenvalue weighted by Crippen LogP contribution is -2.27. The molecule has 3 aromatic rings. The Morgan fingerprint density at radius 2 is 1.93 bits per heavy atom. The number of hydrogen-bond acceptors (Lipinski definition) is 5. The molecule has 0 unspecified atom stereocenters. The van der Waals surface area contributed by atoms with Crippen molar-refractivity contribution >= 4 is 28.6 Å². The Morgan fingerprint density at radius 1 is 1.19 bits per heavy atom. The van der Waals surface area contributed by atoms with Crippen LogP contribution in [0.2, 0.25) is 0 Å². The Labute approximate surface area is 162 Å². The van der Waals surface area contributed by atoms with Crippen molar-refractivity contribution in [3.8, 4) is 10.6 Å². The number of nitrogens with zero attached hydrogens (tertiary/aromatic N) is 3. The Kier molecular flexibility index (Phi) is 6.03. The lowest BCUT2D eigenvalue weighted by Gasteiger charge is -2.21. The van der Waals surface area contributed by atoms with Crippen molar-refractivity contribution < 1.29 is 4.79 Å². The molecule has 6 nitrogen and oxygen atoms in total. The van der Waals surface area contributed by atoms with E-state index in [1.54, 1.807) is 0 Å². The third-order valence-corrected chi connectivity index (χ3v) is 5.14. The molecular weight excluding hydrogens is 360 g/mol. The highest BCUT2D eigenvalue weighted by molar-refractivity contribution is 7.13. The van der Waals surface area contributed by atoms with Crippen molar-refractivity contribution in [2.24, 2.45) is 0 Å². The molecule has 1 aromatic carbocycles. The Morgan fingerprint density at radius 3 is 2.52 bits per heavy atom. The number of aromatic nitrogens is 2. The van der Waals surface area contributed by atoms with Crippen LogP contribution in [0.5, 0.6) is 0 Å². The molecule has 27 heavy (non-hydrogen) atoms. The summed E-state index contributed by atoms with van der Waals surface area (Å²) in [6.45, 7) is 6.00. The van der Waals surface area contributed by atoms with E-state index in [9.17, 15) is 9.59 Å². The highest BCUT2D eigenvalue weighted by Gasteiger charge is 2.09. The molecule has 1 N–H and O–H groups in total. The van der Waals surface area contributed by atoms with Gasteiger partial charge in [-0.15, -0.1) is 11.3 Å². The van der Waals surface area contributed by atoms with Gasteiger partial charge in [-0.25, -0.2) is 4.98 Å². The number of rotatable bonds is 7. The van der Waals surface area contributed by atoms with Gasteiger partial charge in [-0.2, -0.15) is 0 Å². The van der Waals surface area contributed by atoms with Crippen LogP contribution in [0.1, 0.15) is 13.8 Å². The maximum atomic E-state index is 12.3. The minimum atomic E-state index is -0.265. The molecule has 0 saturated carbocycles. The fourth-order valence-corrected chi connectivity index (χ4v) is 3.50. The van der Waals surface area contributed by atoms with E-state index in [1.165, 1.54) is 28.3 Å². The first kappa shape index (κ1) is 18.8. The van der Waals surface area contributed by atoms with Crippen molar-refractivity contribution in [2.75, 3.05) is 23.3 Å². The molecular formula is C20H22N4O2S. The molecule has 7 heteroatoms. The molecule has 0 aliphatic heterocycles. The van der Waals surface area contributed by atoms with Gasteiger partial charge >= 0.3 is 0 Å². The predicted octanol–water partition coefficient (Wildman–Crippen LogP) is 3.46. The fourth-order valence-electron chi connectivity index (χ4n) is 2.80. The SMILES string of the molecule is CCN(CC)c1ccc(NC(=O)Cn2cnc(-c3cccs3)cc2=O)cc1. The Balaban J connectivity index is 1.65. The molecule has 0 radical (unpaired) electrons. The molecule has 3 rings (SSSR count). The normalized spacial score (nSPS) is 10.6. The second-order valence-corrected chi connectivity index (χ2v) is 6.93. The quantitative estimate of drug-likeness (QED) is 0.680. The zero-order valence-corrected chi connectivity index (χ0v) is 16.2. The van der Waals surface area contributed by atoms with Crippen molar-refractivity contribution in [3.05, 3.63) is 64.5 Å². The number of nitrogens with one attached hydrogen (secondary N) is 1. The van der Waals surface area contributed by atoms with Crippen molar-refractivity contribution in [3.63, 3.8) is 0 Å². The molecule has 0 aliphatic carbocycles. The molecule has 0 saturated heterocycles. The molecule has 2 aromatic heterocycles. The lowest BCUT2D eigenvalue weighted by molar-refractivity contribution is -0.116. The van der Waals surface area contributed by atoms with Crippen LogP contribution in [-0.2, 0) is 11.3 Å². The van der Waals surface area contributed by atoms with Crippen molar-refractivity contribution in [1.82, 2.24) is 9.55 Å². The molecule has 0 spiro atoms. The van der Waals surface area contributed by atoms with Crippen LogP contribution in [0.3, 0.4) is 0 Å². The van der Waals surface area contributed by atoms with Gasteiger partial charge in [0.1, 0.15) is 6.54 Å². The number of hydrogen-bond donors (Lipinski definition) is 1. The monoisotopic (exact) mass is 382 g/mol. The van der Waals surface area contributed by atoms with Crippen LogP contribution in [0.15, 0.2) is 59.0 Å². The van der Waals surface area contributed by atoms with Gasteiger partial charge in [0.15, 0.2) is 0 Å². The largest absolute Gasteiger partial charge is 0.372 e. The third kappa shape index (κ3) is 4.62. The zero-order chi connectivity index (χ0) is 19.2. The van der Waals surface area contributed by atoms with Crippen LogP contribution < -0.4 is 15.8 Å². The van der Waals surface area contributed by atoms with Gasteiger partial charge in [0, 0.05) is 30.5 Å². The minimum absolute atomic E-state index is 0.0750. The Bertz CT molecular complexity index is 945. The summed E-state index contributed by atoms with van der Waals surface area (Å²) in [5.74, 6) is -0.265. The maximum absolute atomic E-state index is 12.3. The number of carbonyl (C=O) groups excluding carboxylic acids is 1. The lowest BCUT2D eigenvalue weighted by atomic mass is 10.2. The maximum Gasteiger partial charge on any atom is 0.254 e. The summed E-state index contributed by atoms with van der Waals surface area (Å²) >= 11 is 1.52. The van der Waals surface area contributed by atoms with Crippen LogP contribution in [0, 0.1) is 0 Å². The standard InChI is InChI=1S/C20H22N4O2S/c1-3-23(4-2)16-9-7-15(8-10-16)22-19(25)13-24-14-21-17(12-20(24)26)18-6-5-11-27-18/h5-12,14H,3-4,13H2,1-2H3,(H,22,25). The first-order valence-corrected chi connectivity index (χ1v) is 9.74. The molecule has 0 atom stereocenters. The van der Waals surface area contributed by atoms with E-state index in [0.717, 1.165) is 23.7 Å². The first-order chi connectivity index (χ1) is 13.1. The summed E-state index contributed by atoms with van der Waals surface area (Å²) in [6.07, 6.45) is 1.42. The first-order valence-electron chi connectivity index (χ1n) is 8.86. The predicted molar refractivity (Wildman–Crippen MR) is 110 cm³/mol. The van der Waals surface area contributed by atoms with E-state index in [-0.39, 0.29) is 18.0 Å². The summed E-state index contributed by atoms with van der Waals surface area (Å²) in [7, 11) is 0. The highest BCUT2D eigenvalue weighted by atomic mass is 32.1. The molecule has 0 aliphatic rings. The van der Waals surface area contributed by atoms with E-state index >= 15 is 0 Å². The van der Waals surface area contributed by atoms with Crippen molar-refractivity contribution in [1.29, 1.82) is 0 Å². The average Bonchev–Trinajstić information content (AvgIpc) is 3.20. The zero-order valence-electron chi connectivity index (χ0n) is 15.4. The number of benzene rings is 1. The molecule has 0 bridgehead atoms. The van der Waals surface area contributed by atoms with Crippen LogP contribution >= 0.6 is 11.3 Å². The van der Waals surface area contributed by atoms with Crippen LogP contribution in [0.25, 0.3) is 10.6 Å². The third-order valence-electron chi connectivity index (χ3n) is 4.25. The summed E-state index contributed by atoms with van der Waals surface area (Å²) < 4.78 is 1.30. The molecule has 1 amide bonds. The van der Waals surface area contributed by atoms with E-state index in [0.29, 0.717) is 11.4 Å². The van der Waals surface area contributed by atoms with Gasteiger partial charge < -0.3 is 10.2 Å². The molecule has 2 heterocycles. The molecule has 140 valence electrons. The van der Waals surface area contributed by atoms with Gasteiger partial charge in [-0.05, 0) is 49.6 Å². The van der Waals surface area contributed by atoms with E-state index in [1.807, 2.05) is 41.8 Å². The topological polar surface area (TPSA) is 67.2 Å². The molecule has 0 fully saturated rings. The fraction of sp³-hybridized carbons (Fsp3) is 0.250. The van der Waals surface area contributed by atoms with Crippen molar-refractivity contribution in [2.45, 2.75) is 20.4 Å². The number of carbonyl (C=O) groups is 1. The summed E-state index contributed by atoms with van der Waals surface area (Å²) in [4.78, 5) is 32.0. The number of thiophene rings is 1.